The number of benzene rings is 1. The number of nitrogens with one attached hydrogen (secondary N) is 2. The topological polar surface area (TPSA) is 68.2 Å². The predicted molar refractivity (Wildman–Crippen MR) is 84.1 cm³/mol. The molecule has 122 valence electrons. The fraction of sp³-hybridized carbons (Fsp3) is 0.375. The van der Waals surface area contributed by atoms with Crippen LogP contribution in [0.4, 0.5) is 14.9 Å². The Labute approximate surface area is 133 Å². The van der Waals surface area contributed by atoms with Crippen LogP contribution in [0, 0.1) is 5.82 Å². The number of rotatable bonds is 4. The largest absolute Gasteiger partial charge is 0.376 e. The third-order valence-corrected chi connectivity index (χ3v) is 3.84. The van der Waals surface area contributed by atoms with Gasteiger partial charge in [-0.25, -0.2) is 13.9 Å². The Hall–Kier alpha value is -2.41. The third-order valence-electron chi connectivity index (χ3n) is 3.84. The van der Waals surface area contributed by atoms with Crippen LogP contribution in [-0.4, -0.2) is 34.6 Å². The average molecular weight is 318 g/mol. The summed E-state index contributed by atoms with van der Waals surface area (Å²) in [4.78, 5) is 12.2. The molecule has 1 saturated heterocycles. The van der Waals surface area contributed by atoms with Gasteiger partial charge in [0.25, 0.3) is 0 Å². The highest BCUT2D eigenvalue weighted by Gasteiger charge is 2.23. The molecule has 1 fully saturated rings. The molecule has 1 aromatic carbocycles. The zero-order valence-corrected chi connectivity index (χ0v) is 12.8. The molecule has 0 spiro atoms. The minimum atomic E-state index is -0.427. The van der Waals surface area contributed by atoms with Gasteiger partial charge < -0.3 is 15.4 Å². The standard InChI is InChI=1S/C16H19FN4O2/c1-11(15-4-2-9-23-15)19-16(22)20-13-10-12(17)5-6-14(13)21-8-3-7-18-21/h3,5-8,10-11,15H,2,4,9H2,1H3,(H2,19,20,22)/t11-,15-/m0/s1. The Morgan fingerprint density at radius 1 is 1.52 bits per heavy atom. The second kappa shape index (κ2) is 6.78. The van der Waals surface area contributed by atoms with E-state index in [9.17, 15) is 9.18 Å². The lowest BCUT2D eigenvalue weighted by Gasteiger charge is -2.20. The summed E-state index contributed by atoms with van der Waals surface area (Å²) in [6, 6.07) is 5.42. The van der Waals surface area contributed by atoms with Crippen LogP contribution in [0.25, 0.3) is 5.69 Å². The summed E-state index contributed by atoms with van der Waals surface area (Å²) in [6.07, 6.45) is 5.31. The molecule has 0 saturated carbocycles. The number of nitrogens with zero attached hydrogens (tertiary/aromatic N) is 2. The van der Waals surface area contributed by atoms with E-state index >= 15 is 0 Å². The van der Waals surface area contributed by atoms with Gasteiger partial charge in [-0.05, 0) is 44.0 Å². The molecule has 2 heterocycles. The smallest absolute Gasteiger partial charge is 0.319 e. The molecule has 1 aliphatic heterocycles. The minimum Gasteiger partial charge on any atom is -0.376 e. The number of hydrogen-bond donors (Lipinski definition) is 2. The number of aromatic nitrogens is 2. The van der Waals surface area contributed by atoms with Crippen LogP contribution in [0.15, 0.2) is 36.7 Å². The van der Waals surface area contributed by atoms with Crippen molar-refractivity contribution in [1.82, 2.24) is 15.1 Å². The number of urea groups is 1. The molecule has 7 heteroatoms. The molecule has 0 bridgehead atoms. The van der Waals surface area contributed by atoms with Gasteiger partial charge in [-0.3, -0.25) is 0 Å². The average Bonchev–Trinajstić information content (AvgIpc) is 3.21. The van der Waals surface area contributed by atoms with E-state index < -0.39 is 11.8 Å². The van der Waals surface area contributed by atoms with Crippen molar-refractivity contribution in [2.24, 2.45) is 0 Å². The van der Waals surface area contributed by atoms with Crippen molar-refractivity contribution in [3.63, 3.8) is 0 Å². The quantitative estimate of drug-likeness (QED) is 0.911. The second-order valence-electron chi connectivity index (χ2n) is 5.55. The number of amides is 2. The van der Waals surface area contributed by atoms with Crippen molar-refractivity contribution in [2.45, 2.75) is 31.9 Å². The molecule has 6 nitrogen and oxygen atoms in total. The van der Waals surface area contributed by atoms with Gasteiger partial charge in [0.15, 0.2) is 0 Å². The minimum absolute atomic E-state index is 0.0267. The first-order valence-electron chi connectivity index (χ1n) is 7.62. The van der Waals surface area contributed by atoms with E-state index in [2.05, 4.69) is 15.7 Å². The maximum atomic E-state index is 13.5. The Kier molecular flexibility index (Phi) is 4.57. The summed E-state index contributed by atoms with van der Waals surface area (Å²) in [5.74, 6) is -0.427. The van der Waals surface area contributed by atoms with Crippen LogP contribution in [0.2, 0.25) is 0 Å². The highest BCUT2D eigenvalue weighted by atomic mass is 19.1. The first-order chi connectivity index (χ1) is 11.1. The number of ether oxygens (including phenoxy) is 1. The summed E-state index contributed by atoms with van der Waals surface area (Å²) in [6.45, 7) is 2.63. The third kappa shape index (κ3) is 3.68. The van der Waals surface area contributed by atoms with Gasteiger partial charge in [0.1, 0.15) is 5.82 Å². The molecule has 0 aliphatic carbocycles. The van der Waals surface area contributed by atoms with Gasteiger partial charge in [0.2, 0.25) is 0 Å². The van der Waals surface area contributed by atoms with Gasteiger partial charge in [0.05, 0.1) is 23.5 Å². The fourth-order valence-corrected chi connectivity index (χ4v) is 2.67. The number of hydrogen-bond acceptors (Lipinski definition) is 3. The molecule has 2 N–H and O–H groups in total. The number of carbonyl (C=O) groups is 1. The van der Waals surface area contributed by atoms with E-state index in [4.69, 9.17) is 4.74 Å². The molecule has 1 aliphatic rings. The molecule has 2 aromatic rings. The van der Waals surface area contributed by atoms with Gasteiger partial charge in [-0.2, -0.15) is 5.10 Å². The summed E-state index contributed by atoms with van der Waals surface area (Å²) in [7, 11) is 0. The number of anilines is 1. The number of halogens is 1. The Bertz CT molecular complexity index is 669. The lowest BCUT2D eigenvalue weighted by molar-refractivity contribution is 0.0868. The molecule has 0 radical (unpaired) electrons. The lowest BCUT2D eigenvalue weighted by Crippen LogP contribution is -2.43. The van der Waals surface area contributed by atoms with Crippen LogP contribution in [0.3, 0.4) is 0 Å². The van der Waals surface area contributed by atoms with Crippen LogP contribution in [0.5, 0.6) is 0 Å². The van der Waals surface area contributed by atoms with Crippen molar-refractivity contribution in [3.05, 3.63) is 42.5 Å². The Morgan fingerprint density at radius 3 is 3.09 bits per heavy atom. The van der Waals surface area contributed by atoms with Gasteiger partial charge in [0, 0.05) is 19.0 Å². The van der Waals surface area contributed by atoms with Crippen molar-refractivity contribution in [3.8, 4) is 5.69 Å². The Morgan fingerprint density at radius 2 is 2.39 bits per heavy atom. The summed E-state index contributed by atoms with van der Waals surface area (Å²) >= 11 is 0. The zero-order valence-electron chi connectivity index (χ0n) is 12.8. The molecular weight excluding hydrogens is 299 g/mol. The van der Waals surface area contributed by atoms with Crippen LogP contribution in [0.1, 0.15) is 19.8 Å². The highest BCUT2D eigenvalue weighted by molar-refractivity contribution is 5.91. The maximum absolute atomic E-state index is 13.5. The van der Waals surface area contributed by atoms with E-state index in [1.54, 1.807) is 29.2 Å². The van der Waals surface area contributed by atoms with E-state index in [-0.39, 0.29) is 12.1 Å². The normalized spacial score (nSPS) is 18.6. The monoisotopic (exact) mass is 318 g/mol. The number of carbonyl (C=O) groups excluding carboxylic acids is 1. The molecule has 23 heavy (non-hydrogen) atoms. The Balaban J connectivity index is 1.71. The van der Waals surface area contributed by atoms with Crippen LogP contribution >= 0.6 is 0 Å². The van der Waals surface area contributed by atoms with Crippen LogP contribution in [-0.2, 0) is 4.74 Å². The van der Waals surface area contributed by atoms with E-state index in [0.717, 1.165) is 19.4 Å². The summed E-state index contributed by atoms with van der Waals surface area (Å²) < 4.78 is 20.6. The SMILES string of the molecule is C[C@H](NC(=O)Nc1cc(F)ccc1-n1cccn1)[C@@H]1CCCO1. The molecular formula is C16H19FN4O2. The lowest BCUT2D eigenvalue weighted by atomic mass is 10.1. The van der Waals surface area contributed by atoms with E-state index in [1.807, 2.05) is 6.92 Å². The van der Waals surface area contributed by atoms with Crippen LogP contribution < -0.4 is 10.6 Å². The van der Waals surface area contributed by atoms with Crippen molar-refractivity contribution >= 4 is 11.7 Å². The molecule has 0 unspecified atom stereocenters. The summed E-state index contributed by atoms with van der Waals surface area (Å²) in [5.41, 5.74) is 0.946. The van der Waals surface area contributed by atoms with Crippen molar-refractivity contribution < 1.29 is 13.9 Å². The van der Waals surface area contributed by atoms with Gasteiger partial charge in [-0.1, -0.05) is 0 Å². The molecule has 1 aromatic heterocycles. The molecule has 2 atom stereocenters. The first kappa shape index (κ1) is 15.5. The fourth-order valence-electron chi connectivity index (χ4n) is 2.67. The van der Waals surface area contributed by atoms with Crippen molar-refractivity contribution in [1.29, 1.82) is 0 Å². The highest BCUT2D eigenvalue weighted by Crippen LogP contribution is 2.21. The van der Waals surface area contributed by atoms with Crippen molar-refractivity contribution in [2.75, 3.05) is 11.9 Å². The van der Waals surface area contributed by atoms with Gasteiger partial charge in [-0.15, -0.1) is 0 Å². The van der Waals surface area contributed by atoms with E-state index in [1.165, 1.54) is 12.1 Å². The molecule has 3 rings (SSSR count). The maximum Gasteiger partial charge on any atom is 0.319 e. The summed E-state index contributed by atoms with van der Waals surface area (Å²) in [5, 5.41) is 9.63. The van der Waals surface area contributed by atoms with E-state index in [0.29, 0.717) is 11.4 Å². The molecule has 2 amide bonds. The zero-order chi connectivity index (χ0) is 16.2. The predicted octanol–water partition coefficient (Wildman–Crippen LogP) is 2.70. The first-order valence-corrected chi connectivity index (χ1v) is 7.62. The second-order valence-corrected chi connectivity index (χ2v) is 5.55. The van der Waals surface area contributed by atoms with Gasteiger partial charge >= 0.3 is 6.03 Å².